The number of alkyl halides is 1. The molecule has 0 amide bonds. The van der Waals surface area contributed by atoms with Gasteiger partial charge in [-0.1, -0.05) is 47.3 Å². The van der Waals surface area contributed by atoms with Gasteiger partial charge in [-0.25, -0.2) is 0 Å². The standard InChI is InChI=1S/C8H11Br/c1-4-5-6-7(2)8(3)9/h4-6,8H,1-2H2,3H3. The lowest BCUT2D eigenvalue weighted by Gasteiger charge is -1.98. The van der Waals surface area contributed by atoms with Gasteiger partial charge in [0.05, 0.1) is 0 Å². The number of halogens is 1. The van der Waals surface area contributed by atoms with Crippen LogP contribution in [0.1, 0.15) is 6.92 Å². The fourth-order valence-electron chi connectivity index (χ4n) is 0.324. The van der Waals surface area contributed by atoms with Gasteiger partial charge in [0.1, 0.15) is 0 Å². The number of allylic oxidation sites excluding steroid dienone is 4. The van der Waals surface area contributed by atoms with E-state index in [9.17, 15) is 0 Å². The van der Waals surface area contributed by atoms with Gasteiger partial charge in [-0.15, -0.1) is 0 Å². The van der Waals surface area contributed by atoms with E-state index >= 15 is 0 Å². The van der Waals surface area contributed by atoms with Crippen LogP contribution in [0.5, 0.6) is 0 Å². The van der Waals surface area contributed by atoms with Crippen molar-refractivity contribution >= 4 is 15.9 Å². The molecule has 1 heteroatoms. The molecule has 0 aromatic rings. The minimum Gasteiger partial charge on any atom is -0.0991 e. The molecule has 9 heavy (non-hydrogen) atoms. The molecule has 0 aliphatic heterocycles. The Morgan fingerprint density at radius 2 is 2.22 bits per heavy atom. The number of hydrogen-bond acceptors (Lipinski definition) is 0. The lowest BCUT2D eigenvalue weighted by atomic mass is 10.2. The second-order valence-electron chi connectivity index (χ2n) is 1.79. The lowest BCUT2D eigenvalue weighted by molar-refractivity contribution is 1.21. The molecule has 0 aliphatic rings. The van der Waals surface area contributed by atoms with E-state index in [0.29, 0.717) is 4.83 Å². The maximum atomic E-state index is 3.81. The van der Waals surface area contributed by atoms with E-state index in [4.69, 9.17) is 0 Å². The summed E-state index contributed by atoms with van der Waals surface area (Å²) in [4.78, 5) is 0.355. The van der Waals surface area contributed by atoms with Gasteiger partial charge < -0.3 is 0 Å². The Hall–Kier alpha value is -0.300. The molecular formula is C8H11Br. The molecule has 0 rings (SSSR count). The molecule has 0 saturated heterocycles. The van der Waals surface area contributed by atoms with Crippen LogP contribution in [0, 0.1) is 0 Å². The van der Waals surface area contributed by atoms with Crippen LogP contribution in [0.3, 0.4) is 0 Å². The Morgan fingerprint density at radius 1 is 1.67 bits per heavy atom. The molecule has 0 N–H and O–H groups in total. The van der Waals surface area contributed by atoms with Gasteiger partial charge in [0.25, 0.3) is 0 Å². The molecule has 0 aromatic heterocycles. The molecule has 0 fully saturated rings. The maximum Gasteiger partial charge on any atom is 0.0361 e. The van der Waals surface area contributed by atoms with E-state index in [-0.39, 0.29) is 0 Å². The van der Waals surface area contributed by atoms with Gasteiger partial charge in [0, 0.05) is 4.83 Å². The molecule has 0 saturated carbocycles. The van der Waals surface area contributed by atoms with Crippen molar-refractivity contribution in [3.8, 4) is 0 Å². The van der Waals surface area contributed by atoms with E-state index in [1.54, 1.807) is 6.08 Å². The summed E-state index contributed by atoms with van der Waals surface area (Å²) in [7, 11) is 0. The van der Waals surface area contributed by atoms with Crippen molar-refractivity contribution in [3.63, 3.8) is 0 Å². The SMILES string of the molecule is C=CC=CC(=C)C(C)Br. The van der Waals surface area contributed by atoms with Crippen LogP contribution in [0.4, 0.5) is 0 Å². The Kier molecular flexibility index (Phi) is 4.41. The van der Waals surface area contributed by atoms with E-state index in [0.717, 1.165) is 5.57 Å². The zero-order valence-electron chi connectivity index (χ0n) is 5.60. The first-order valence-corrected chi connectivity index (χ1v) is 3.72. The average Bonchev–Trinajstić information content (AvgIpc) is 1.82. The maximum absolute atomic E-state index is 3.81. The van der Waals surface area contributed by atoms with Crippen molar-refractivity contribution in [2.45, 2.75) is 11.8 Å². The highest BCUT2D eigenvalue weighted by Crippen LogP contribution is 2.09. The van der Waals surface area contributed by atoms with Gasteiger partial charge in [0.15, 0.2) is 0 Å². The van der Waals surface area contributed by atoms with Crippen LogP contribution in [0.2, 0.25) is 0 Å². The molecule has 1 atom stereocenters. The summed E-state index contributed by atoms with van der Waals surface area (Å²) in [6, 6.07) is 0. The highest BCUT2D eigenvalue weighted by atomic mass is 79.9. The van der Waals surface area contributed by atoms with Gasteiger partial charge in [-0.3, -0.25) is 0 Å². The minimum absolute atomic E-state index is 0.355. The summed E-state index contributed by atoms with van der Waals surface area (Å²) >= 11 is 3.38. The topological polar surface area (TPSA) is 0 Å². The molecule has 1 unspecified atom stereocenters. The van der Waals surface area contributed by atoms with Crippen LogP contribution < -0.4 is 0 Å². The van der Waals surface area contributed by atoms with E-state index in [1.165, 1.54) is 0 Å². The summed E-state index contributed by atoms with van der Waals surface area (Å²) in [6.45, 7) is 9.40. The highest BCUT2D eigenvalue weighted by Gasteiger charge is 1.94. The third kappa shape index (κ3) is 4.22. The molecule has 0 radical (unpaired) electrons. The first-order valence-electron chi connectivity index (χ1n) is 2.80. The molecule has 0 spiro atoms. The van der Waals surface area contributed by atoms with Gasteiger partial charge in [-0.05, 0) is 12.5 Å². The quantitative estimate of drug-likeness (QED) is 0.470. The predicted octanol–water partition coefficient (Wildman–Crippen LogP) is 3.07. The van der Waals surface area contributed by atoms with Crippen LogP contribution in [0.15, 0.2) is 37.0 Å². The Bertz CT molecular complexity index is 132. The molecule has 50 valence electrons. The van der Waals surface area contributed by atoms with Crippen molar-refractivity contribution in [2.75, 3.05) is 0 Å². The summed E-state index contributed by atoms with van der Waals surface area (Å²) in [5.74, 6) is 0. The fraction of sp³-hybridized carbons (Fsp3) is 0.250. The van der Waals surface area contributed by atoms with Crippen molar-refractivity contribution in [1.82, 2.24) is 0 Å². The Labute approximate surface area is 65.1 Å². The van der Waals surface area contributed by atoms with Crippen LogP contribution in [-0.4, -0.2) is 4.83 Å². The van der Waals surface area contributed by atoms with Crippen molar-refractivity contribution in [2.24, 2.45) is 0 Å². The summed E-state index contributed by atoms with van der Waals surface area (Å²) < 4.78 is 0. The first kappa shape index (κ1) is 8.70. The highest BCUT2D eigenvalue weighted by molar-refractivity contribution is 9.09. The van der Waals surface area contributed by atoms with Gasteiger partial charge in [-0.2, -0.15) is 0 Å². The van der Waals surface area contributed by atoms with Crippen molar-refractivity contribution < 1.29 is 0 Å². The largest absolute Gasteiger partial charge is 0.0991 e. The van der Waals surface area contributed by atoms with Crippen LogP contribution >= 0.6 is 15.9 Å². The van der Waals surface area contributed by atoms with Gasteiger partial charge >= 0.3 is 0 Å². The summed E-state index contributed by atoms with van der Waals surface area (Å²) in [5.41, 5.74) is 1.06. The number of rotatable bonds is 3. The Balaban J connectivity index is 3.76. The van der Waals surface area contributed by atoms with E-state index in [1.807, 2.05) is 19.1 Å². The third-order valence-corrected chi connectivity index (χ3v) is 1.55. The monoisotopic (exact) mass is 186 g/mol. The number of hydrogen-bond donors (Lipinski definition) is 0. The van der Waals surface area contributed by atoms with Gasteiger partial charge in [0.2, 0.25) is 0 Å². The van der Waals surface area contributed by atoms with Crippen molar-refractivity contribution in [1.29, 1.82) is 0 Å². The lowest BCUT2D eigenvalue weighted by Crippen LogP contribution is -1.89. The zero-order valence-corrected chi connectivity index (χ0v) is 7.19. The van der Waals surface area contributed by atoms with Crippen molar-refractivity contribution in [3.05, 3.63) is 37.0 Å². The summed E-state index contributed by atoms with van der Waals surface area (Å²) in [5, 5.41) is 0. The minimum atomic E-state index is 0.355. The second kappa shape index (κ2) is 4.57. The first-order chi connectivity index (χ1) is 4.18. The van der Waals surface area contributed by atoms with Crippen LogP contribution in [0.25, 0.3) is 0 Å². The third-order valence-electron chi connectivity index (χ3n) is 0.957. The Morgan fingerprint density at radius 3 is 2.56 bits per heavy atom. The smallest absolute Gasteiger partial charge is 0.0361 e. The van der Waals surface area contributed by atoms with E-state index < -0.39 is 0 Å². The zero-order chi connectivity index (χ0) is 7.28. The fourth-order valence-corrected chi connectivity index (χ4v) is 0.477. The molecule has 0 heterocycles. The van der Waals surface area contributed by atoms with E-state index in [2.05, 4.69) is 29.1 Å². The second-order valence-corrected chi connectivity index (χ2v) is 3.16. The summed E-state index contributed by atoms with van der Waals surface area (Å²) in [6.07, 6.45) is 5.55. The molecule has 0 bridgehead atoms. The van der Waals surface area contributed by atoms with Crippen LogP contribution in [-0.2, 0) is 0 Å². The average molecular weight is 187 g/mol. The molecular weight excluding hydrogens is 176 g/mol. The normalized spacial score (nSPS) is 13.6. The molecule has 0 aromatic carbocycles. The molecule has 0 nitrogen and oxygen atoms in total. The predicted molar refractivity (Wildman–Crippen MR) is 46.9 cm³/mol. The molecule has 0 aliphatic carbocycles.